The molecule has 0 aromatic heterocycles. The van der Waals surface area contributed by atoms with E-state index in [1.165, 1.54) is 78.6 Å². The first-order valence-corrected chi connectivity index (χ1v) is 35.2. The third-order valence-corrected chi connectivity index (χ3v) is 18.8. The second kappa shape index (κ2) is 39.1. The quantitative estimate of drug-likeness (QED) is 0.152. The van der Waals surface area contributed by atoms with Crippen LogP contribution < -0.4 is 21.3 Å². The topological polar surface area (TPSA) is 308 Å². The van der Waals surface area contributed by atoms with Crippen molar-refractivity contribution in [2.24, 2.45) is 17.8 Å². The molecule has 2 aliphatic heterocycles. The summed E-state index contributed by atoms with van der Waals surface area (Å²) in [4.78, 5) is 188. The van der Waals surface area contributed by atoms with E-state index in [1.807, 2.05) is 65.0 Å². The van der Waals surface area contributed by atoms with Crippen molar-refractivity contribution in [3.05, 3.63) is 71.8 Å². The zero-order valence-electron chi connectivity index (χ0n) is 62.1. The van der Waals surface area contributed by atoms with Crippen LogP contribution in [0.2, 0.25) is 0 Å². The summed E-state index contributed by atoms with van der Waals surface area (Å²) in [6.07, 6.45) is 0.791. The van der Waals surface area contributed by atoms with E-state index in [9.17, 15) is 38.7 Å². The van der Waals surface area contributed by atoms with Crippen LogP contribution in [0.3, 0.4) is 0 Å². The number of amides is 12. The molecule has 26 heteroatoms. The van der Waals surface area contributed by atoms with Crippen molar-refractivity contribution in [1.29, 1.82) is 0 Å². The summed E-state index contributed by atoms with van der Waals surface area (Å²) in [6.45, 7) is 19.8. The number of likely N-dealkylation sites (tertiary alicyclic amines) is 1. The summed E-state index contributed by atoms with van der Waals surface area (Å²) in [6, 6.07) is 5.76. The Kier molecular flexibility index (Phi) is 33.0. The third kappa shape index (κ3) is 24.4. The fourth-order valence-electron chi connectivity index (χ4n) is 12.3. The number of ether oxygens (including phenoxy) is 1. The van der Waals surface area contributed by atoms with E-state index >= 15 is 24.0 Å². The van der Waals surface area contributed by atoms with Crippen LogP contribution in [0.4, 0.5) is 0 Å². The highest BCUT2D eigenvalue weighted by Crippen LogP contribution is 2.22. The molecule has 0 radical (unpaired) electrons. The number of aliphatic hydroxyl groups is 1. The molecule has 552 valence electrons. The first kappa shape index (κ1) is 83.4. The van der Waals surface area contributed by atoms with Gasteiger partial charge in [-0.1, -0.05) is 122 Å². The van der Waals surface area contributed by atoms with Gasteiger partial charge >= 0.3 is 0 Å². The molecule has 2 fully saturated rings. The summed E-state index contributed by atoms with van der Waals surface area (Å²) >= 11 is 0. The van der Waals surface area contributed by atoms with Gasteiger partial charge < -0.3 is 70.3 Å². The van der Waals surface area contributed by atoms with Crippen LogP contribution in [0.25, 0.3) is 0 Å². The fourth-order valence-corrected chi connectivity index (χ4v) is 12.3. The SMILES string of the molecule is CC[C@H](C)[C@@H]1NC(=O)[C@H](CC(C)C)N(C)C(=O)CN(C)C(=O)C[C@@H](C(=O)N2CCCCC2)NC(=O)[C@H](CC(C)C)N(C)C(=O)[C@@H](COC(C)(C)C)NC(=O)[C@H](CC)N(C)C(=O)[C@H](Cc2ccccc2)N(C)C(=O)CN(CCc2ccccc2)C(=O)[C@H]([C@@H](C)O)NC(=O)[C@H](CC)N(C)C1=O. The van der Waals surface area contributed by atoms with Crippen molar-refractivity contribution in [3.63, 3.8) is 0 Å². The highest BCUT2D eigenvalue weighted by atomic mass is 16.5. The van der Waals surface area contributed by atoms with E-state index in [1.54, 1.807) is 76.8 Å². The summed E-state index contributed by atoms with van der Waals surface area (Å²) in [5.74, 6) is -9.61. The van der Waals surface area contributed by atoms with Gasteiger partial charge in [-0.25, -0.2) is 0 Å². The highest BCUT2D eigenvalue weighted by molar-refractivity contribution is 6.00. The molecule has 99 heavy (non-hydrogen) atoms. The van der Waals surface area contributed by atoms with E-state index < -0.39 is 169 Å². The minimum atomic E-state index is -1.68. The second-order valence-electron chi connectivity index (χ2n) is 28.7. The van der Waals surface area contributed by atoms with Gasteiger partial charge in [-0.2, -0.15) is 0 Å². The number of carbonyl (C=O) groups excluding carboxylic acids is 12. The van der Waals surface area contributed by atoms with E-state index in [2.05, 4.69) is 21.3 Å². The molecule has 0 aliphatic carbocycles. The van der Waals surface area contributed by atoms with E-state index in [4.69, 9.17) is 4.74 Å². The monoisotopic (exact) mass is 1380 g/mol. The first-order valence-electron chi connectivity index (χ1n) is 35.2. The van der Waals surface area contributed by atoms with Gasteiger partial charge in [0, 0.05) is 68.3 Å². The van der Waals surface area contributed by atoms with Gasteiger partial charge in [0.25, 0.3) is 0 Å². The average molecular weight is 1390 g/mol. The van der Waals surface area contributed by atoms with E-state index in [0.29, 0.717) is 37.9 Å². The third-order valence-electron chi connectivity index (χ3n) is 18.8. The maximum absolute atomic E-state index is 15.3. The van der Waals surface area contributed by atoms with Gasteiger partial charge in [0.05, 0.1) is 37.8 Å². The summed E-state index contributed by atoms with van der Waals surface area (Å²) in [5, 5.41) is 22.7. The van der Waals surface area contributed by atoms with Crippen LogP contribution in [0.1, 0.15) is 152 Å². The molecular weight excluding hydrogens is 1270 g/mol. The molecule has 2 aromatic rings. The molecule has 2 aliphatic rings. The van der Waals surface area contributed by atoms with Crippen molar-refractivity contribution in [2.45, 2.75) is 220 Å². The number of benzene rings is 2. The Hall–Kier alpha value is -8.00. The predicted molar refractivity (Wildman–Crippen MR) is 376 cm³/mol. The Bertz CT molecular complexity index is 3050. The molecule has 2 saturated heterocycles. The normalized spacial score (nSPS) is 24.8. The lowest BCUT2D eigenvalue weighted by atomic mass is 9.95. The minimum absolute atomic E-state index is 0.00208. The number of nitrogens with one attached hydrogen (secondary N) is 4. The Labute approximate surface area is 587 Å². The van der Waals surface area contributed by atoms with E-state index in [0.717, 1.165) is 16.9 Å². The standard InChI is InChI=1S/C73H116N12O14/c1-19-48(8)62-71(97)82(17)55(21-3)65(91)77-63(49(9)86)72(98)85(38-35-50-31-25-22-26-32-50)44-61(89)80(15)58(41-51-33-27-23-28-34-51)70(96)81(16)54(20-2)64(90)75-53(45-99-73(10,11)12)68(94)83(18)57(40-47(6)7)66(92)74-52(69(95)84-36-29-24-30-37-84)42-59(87)78(13)43-60(88)79(14)56(39-46(4)5)67(93)76-62/h22-23,25-28,31-34,46-49,52-58,62-63,86H,19-21,24,29-30,35-45H2,1-18H3,(H,74,92)(H,75,90)(H,76,93)(H,77,91)/t48-,49+,52-,53+,54-,55-,56-,57-,58-,62-,63-/m0/s1. The molecule has 4 rings (SSSR count). The van der Waals surface area contributed by atoms with Crippen LogP contribution in [-0.4, -0.2) is 263 Å². The van der Waals surface area contributed by atoms with Gasteiger partial charge in [-0.15, -0.1) is 0 Å². The largest absolute Gasteiger partial charge is 0.391 e. The zero-order chi connectivity index (χ0) is 74.3. The van der Waals surface area contributed by atoms with Gasteiger partial charge in [0.15, 0.2) is 0 Å². The Morgan fingerprint density at radius 2 is 1.00 bits per heavy atom. The number of rotatable bonds is 17. The number of piperidine rings is 1. The van der Waals surface area contributed by atoms with Crippen LogP contribution >= 0.6 is 0 Å². The van der Waals surface area contributed by atoms with Crippen LogP contribution in [0.15, 0.2) is 60.7 Å². The highest BCUT2D eigenvalue weighted by Gasteiger charge is 2.43. The summed E-state index contributed by atoms with van der Waals surface area (Å²) in [7, 11) is 8.36. The lowest BCUT2D eigenvalue weighted by Crippen LogP contribution is -2.62. The lowest BCUT2D eigenvalue weighted by molar-refractivity contribution is -0.151. The maximum Gasteiger partial charge on any atom is 0.248 e. The Morgan fingerprint density at radius 3 is 1.52 bits per heavy atom. The number of likely N-dealkylation sites (N-methyl/N-ethyl adjacent to an activating group) is 6. The molecule has 0 saturated carbocycles. The van der Waals surface area contributed by atoms with Crippen molar-refractivity contribution < 1.29 is 67.4 Å². The van der Waals surface area contributed by atoms with Crippen LogP contribution in [0.5, 0.6) is 0 Å². The molecule has 0 bridgehead atoms. The molecule has 2 heterocycles. The number of hydrogen-bond acceptors (Lipinski definition) is 14. The zero-order valence-corrected chi connectivity index (χ0v) is 62.1. The van der Waals surface area contributed by atoms with E-state index in [-0.39, 0.29) is 56.9 Å². The number of hydrogen-bond donors (Lipinski definition) is 5. The van der Waals surface area contributed by atoms with Crippen molar-refractivity contribution in [2.75, 3.05) is 81.6 Å². The first-order chi connectivity index (χ1) is 46.5. The lowest BCUT2D eigenvalue weighted by Gasteiger charge is -2.37. The fraction of sp³-hybridized carbons (Fsp3) is 0.671. The van der Waals surface area contributed by atoms with Crippen LogP contribution in [0, 0.1) is 17.8 Å². The maximum atomic E-state index is 15.3. The smallest absolute Gasteiger partial charge is 0.248 e. The second-order valence-corrected chi connectivity index (χ2v) is 28.7. The molecule has 0 spiro atoms. The Morgan fingerprint density at radius 1 is 0.535 bits per heavy atom. The Balaban J connectivity index is 1.96. The van der Waals surface area contributed by atoms with Crippen molar-refractivity contribution in [3.8, 4) is 0 Å². The summed E-state index contributed by atoms with van der Waals surface area (Å²) < 4.78 is 6.17. The minimum Gasteiger partial charge on any atom is -0.391 e. The molecule has 11 atom stereocenters. The average Bonchev–Trinajstić information content (AvgIpc) is 0.843. The molecule has 26 nitrogen and oxygen atoms in total. The molecule has 5 N–H and O–H groups in total. The van der Waals surface area contributed by atoms with Crippen molar-refractivity contribution in [1.82, 2.24) is 60.5 Å². The molecular formula is C73H116N12O14. The van der Waals surface area contributed by atoms with Gasteiger partial charge in [-0.3, -0.25) is 57.5 Å². The molecule has 2 aromatic carbocycles. The van der Waals surface area contributed by atoms with Crippen LogP contribution in [-0.2, 0) is 75.1 Å². The summed E-state index contributed by atoms with van der Waals surface area (Å²) in [5.41, 5.74) is 0.582. The van der Waals surface area contributed by atoms with Gasteiger partial charge in [0.2, 0.25) is 70.9 Å². The number of carbonyl (C=O) groups is 12. The number of nitrogens with zero attached hydrogens (tertiary/aromatic N) is 8. The molecule has 12 amide bonds. The number of aliphatic hydroxyl groups excluding tert-OH is 1. The predicted octanol–water partition coefficient (Wildman–Crippen LogP) is 3.40. The van der Waals surface area contributed by atoms with Crippen molar-refractivity contribution >= 4 is 70.9 Å². The molecule has 0 unspecified atom stereocenters. The van der Waals surface area contributed by atoms with Gasteiger partial charge in [-0.05, 0) is 108 Å². The van der Waals surface area contributed by atoms with Gasteiger partial charge in [0.1, 0.15) is 54.4 Å².